The molecule has 9 nitrogen and oxygen atoms in total. The second kappa shape index (κ2) is 7.32. The molecule has 27 heavy (non-hydrogen) atoms. The monoisotopic (exact) mass is 368 g/mol. The molecule has 0 aliphatic carbocycles. The molecule has 9 heteroatoms. The van der Waals surface area contributed by atoms with Crippen molar-refractivity contribution in [2.24, 2.45) is 4.99 Å². The Morgan fingerprint density at radius 3 is 2.22 bits per heavy atom. The van der Waals surface area contributed by atoms with E-state index in [0.717, 1.165) is 11.3 Å². The van der Waals surface area contributed by atoms with Crippen LogP contribution in [0.4, 0.5) is 17.5 Å². The van der Waals surface area contributed by atoms with Crippen LogP contribution in [0.3, 0.4) is 0 Å². The average molecular weight is 368 g/mol. The summed E-state index contributed by atoms with van der Waals surface area (Å²) in [5.74, 6) is 1.95. The van der Waals surface area contributed by atoms with Crippen molar-refractivity contribution in [2.75, 3.05) is 32.8 Å². The van der Waals surface area contributed by atoms with Crippen molar-refractivity contribution >= 4 is 34.2 Å². The summed E-state index contributed by atoms with van der Waals surface area (Å²) in [5.41, 5.74) is 14.1. The summed E-state index contributed by atoms with van der Waals surface area (Å²) in [6, 6.07) is 5.41. The molecule has 0 spiro atoms. The number of nitrogens with two attached hydrogens (primary N) is 2. The van der Waals surface area contributed by atoms with Crippen LogP contribution in [0, 0.1) is 0 Å². The topological polar surface area (TPSA) is 131 Å². The van der Waals surface area contributed by atoms with Crippen molar-refractivity contribution in [1.29, 1.82) is 0 Å². The van der Waals surface area contributed by atoms with Crippen molar-refractivity contribution in [3.05, 3.63) is 30.0 Å². The van der Waals surface area contributed by atoms with Gasteiger partial charge in [0.2, 0.25) is 11.7 Å². The van der Waals surface area contributed by atoms with E-state index < -0.39 is 0 Å². The average Bonchev–Trinajstić information content (AvgIpc) is 2.67. The number of hydrogen-bond acceptors (Lipinski definition) is 9. The Kier molecular flexibility index (Phi) is 4.93. The molecule has 3 aromatic rings. The maximum atomic E-state index is 5.91. The molecule has 0 amide bonds. The number of fused-ring (bicyclic) bond motifs is 1. The van der Waals surface area contributed by atoms with Gasteiger partial charge in [-0.1, -0.05) is 0 Å². The quantitative estimate of drug-likeness (QED) is 0.656. The molecule has 0 fully saturated rings. The molecule has 0 saturated carbocycles. The van der Waals surface area contributed by atoms with Crippen molar-refractivity contribution in [3.8, 4) is 17.2 Å². The molecule has 2 heterocycles. The third-order valence-electron chi connectivity index (χ3n) is 3.96. The number of pyridine rings is 1. The van der Waals surface area contributed by atoms with Crippen LogP contribution in [-0.4, -0.2) is 42.0 Å². The van der Waals surface area contributed by atoms with Crippen LogP contribution in [0.1, 0.15) is 12.5 Å². The van der Waals surface area contributed by atoms with E-state index in [0.29, 0.717) is 34.0 Å². The highest BCUT2D eigenvalue weighted by Gasteiger charge is 2.14. The number of methoxy groups -OCH3 is 3. The van der Waals surface area contributed by atoms with Crippen LogP contribution >= 0.6 is 0 Å². The van der Waals surface area contributed by atoms with Crippen LogP contribution in [0.25, 0.3) is 11.0 Å². The fourth-order valence-corrected chi connectivity index (χ4v) is 2.65. The Morgan fingerprint density at radius 2 is 1.63 bits per heavy atom. The predicted octanol–water partition coefficient (Wildman–Crippen LogP) is 2.36. The SMILES string of the molecule is COc1cc(C(C)=Nc2cnc3nc(N)nc(N)c3c2)cc(OC)c1OC. The van der Waals surface area contributed by atoms with Crippen LogP contribution < -0.4 is 25.7 Å². The molecule has 3 rings (SSSR count). The Hall–Kier alpha value is -3.62. The van der Waals surface area contributed by atoms with Crippen LogP contribution in [-0.2, 0) is 0 Å². The highest BCUT2D eigenvalue weighted by molar-refractivity contribution is 6.01. The van der Waals surface area contributed by atoms with Crippen LogP contribution in [0.15, 0.2) is 29.4 Å². The molecular weight excluding hydrogens is 348 g/mol. The van der Waals surface area contributed by atoms with E-state index in [1.165, 1.54) is 0 Å². The Balaban J connectivity index is 2.06. The van der Waals surface area contributed by atoms with Crippen LogP contribution in [0.2, 0.25) is 0 Å². The molecule has 1 aromatic carbocycles. The van der Waals surface area contributed by atoms with Crippen molar-refractivity contribution in [3.63, 3.8) is 0 Å². The molecule has 0 atom stereocenters. The molecule has 0 unspecified atom stereocenters. The molecule has 0 radical (unpaired) electrons. The number of hydrogen-bond donors (Lipinski definition) is 2. The fourth-order valence-electron chi connectivity index (χ4n) is 2.65. The summed E-state index contributed by atoms with van der Waals surface area (Å²) in [7, 11) is 4.69. The van der Waals surface area contributed by atoms with E-state index in [-0.39, 0.29) is 11.8 Å². The van der Waals surface area contributed by atoms with E-state index in [9.17, 15) is 0 Å². The third-order valence-corrected chi connectivity index (χ3v) is 3.96. The van der Waals surface area contributed by atoms with E-state index in [2.05, 4.69) is 19.9 Å². The zero-order valence-corrected chi connectivity index (χ0v) is 15.5. The highest BCUT2D eigenvalue weighted by atomic mass is 16.5. The summed E-state index contributed by atoms with van der Waals surface area (Å²) in [6.45, 7) is 1.87. The third kappa shape index (κ3) is 3.52. The predicted molar refractivity (Wildman–Crippen MR) is 104 cm³/mol. The summed E-state index contributed by atoms with van der Waals surface area (Å²) in [6.07, 6.45) is 1.59. The minimum atomic E-state index is 0.0809. The number of nitrogens with zero attached hydrogens (tertiary/aromatic N) is 4. The van der Waals surface area contributed by atoms with Gasteiger partial charge in [0, 0.05) is 11.3 Å². The van der Waals surface area contributed by atoms with Crippen molar-refractivity contribution in [2.45, 2.75) is 6.92 Å². The first-order chi connectivity index (χ1) is 13.0. The molecule has 0 aliphatic rings. The fraction of sp³-hybridized carbons (Fsp3) is 0.222. The minimum absolute atomic E-state index is 0.0809. The van der Waals surface area contributed by atoms with Gasteiger partial charge in [-0.05, 0) is 25.1 Å². The summed E-state index contributed by atoms with van der Waals surface area (Å²) < 4.78 is 16.1. The van der Waals surface area contributed by atoms with Gasteiger partial charge in [-0.25, -0.2) is 4.98 Å². The number of aromatic nitrogens is 3. The van der Waals surface area contributed by atoms with E-state index >= 15 is 0 Å². The number of rotatable bonds is 5. The lowest BCUT2D eigenvalue weighted by molar-refractivity contribution is 0.324. The second-order valence-electron chi connectivity index (χ2n) is 5.64. The van der Waals surface area contributed by atoms with Gasteiger partial charge in [0.1, 0.15) is 5.82 Å². The van der Waals surface area contributed by atoms with E-state index in [1.54, 1.807) is 33.6 Å². The lowest BCUT2D eigenvalue weighted by atomic mass is 10.1. The van der Waals surface area contributed by atoms with Gasteiger partial charge in [0.25, 0.3) is 0 Å². The lowest BCUT2D eigenvalue weighted by Crippen LogP contribution is -2.02. The highest BCUT2D eigenvalue weighted by Crippen LogP contribution is 2.38. The maximum Gasteiger partial charge on any atom is 0.224 e. The second-order valence-corrected chi connectivity index (χ2v) is 5.64. The van der Waals surface area contributed by atoms with Gasteiger partial charge < -0.3 is 25.7 Å². The van der Waals surface area contributed by atoms with Gasteiger partial charge in [-0.15, -0.1) is 0 Å². The summed E-state index contributed by atoms with van der Waals surface area (Å²) in [5, 5.41) is 0.586. The van der Waals surface area contributed by atoms with Gasteiger partial charge in [-0.3, -0.25) is 4.99 Å². The normalized spacial score (nSPS) is 11.5. The number of aliphatic imine (C=N–C) groups is 1. The van der Waals surface area contributed by atoms with E-state index in [4.69, 9.17) is 25.7 Å². The zero-order valence-electron chi connectivity index (χ0n) is 15.5. The van der Waals surface area contributed by atoms with Crippen molar-refractivity contribution < 1.29 is 14.2 Å². The van der Waals surface area contributed by atoms with Gasteiger partial charge in [0.15, 0.2) is 17.1 Å². The smallest absolute Gasteiger partial charge is 0.224 e. The summed E-state index contributed by atoms with van der Waals surface area (Å²) >= 11 is 0. The standard InChI is InChI=1S/C18H20N6O3/c1-9(10-5-13(25-2)15(27-4)14(6-10)26-3)22-11-7-12-16(19)23-18(20)24-17(12)21-8-11/h5-8H,1-4H3,(H4,19,20,21,23,24). The molecule has 0 saturated heterocycles. The molecule has 0 aliphatic heterocycles. The Morgan fingerprint density at radius 1 is 0.963 bits per heavy atom. The first kappa shape index (κ1) is 18.2. The first-order valence-corrected chi connectivity index (χ1v) is 8.01. The Labute approximate surface area is 156 Å². The number of anilines is 2. The lowest BCUT2D eigenvalue weighted by Gasteiger charge is -2.14. The van der Waals surface area contributed by atoms with Gasteiger partial charge in [0.05, 0.1) is 38.6 Å². The van der Waals surface area contributed by atoms with Crippen molar-refractivity contribution in [1.82, 2.24) is 15.0 Å². The largest absolute Gasteiger partial charge is 0.493 e. The zero-order chi connectivity index (χ0) is 19.6. The van der Waals surface area contributed by atoms with Crippen LogP contribution in [0.5, 0.6) is 17.2 Å². The first-order valence-electron chi connectivity index (χ1n) is 8.01. The van der Waals surface area contributed by atoms with E-state index in [1.807, 2.05) is 19.1 Å². The van der Waals surface area contributed by atoms with Gasteiger partial charge >= 0.3 is 0 Å². The molecule has 140 valence electrons. The molecule has 4 N–H and O–H groups in total. The molecular formula is C18H20N6O3. The number of nitrogen functional groups attached to an aromatic ring is 2. The summed E-state index contributed by atoms with van der Waals surface area (Å²) in [4.78, 5) is 16.9. The Bertz CT molecular complexity index is 1010. The molecule has 2 aromatic heterocycles. The number of ether oxygens (including phenoxy) is 3. The maximum absolute atomic E-state index is 5.91. The minimum Gasteiger partial charge on any atom is -0.493 e. The molecule has 0 bridgehead atoms. The number of benzene rings is 1. The van der Waals surface area contributed by atoms with Gasteiger partial charge in [-0.2, -0.15) is 9.97 Å².